The fraction of sp³-hybridized carbons (Fsp3) is 0.421. The molecule has 146 valence electrons. The van der Waals surface area contributed by atoms with Crippen LogP contribution in [0, 0.1) is 15.5 Å². The summed E-state index contributed by atoms with van der Waals surface area (Å²) in [6.45, 7) is 4.57. The number of carbonyl (C=O) groups is 2. The van der Waals surface area contributed by atoms with Gasteiger partial charge in [-0.2, -0.15) is 0 Å². The Kier molecular flexibility index (Phi) is 4.41. The number of piperidine rings is 1. The van der Waals surface area contributed by atoms with Crippen molar-refractivity contribution in [1.82, 2.24) is 10.2 Å². The first-order chi connectivity index (χ1) is 13.4. The van der Waals surface area contributed by atoms with Gasteiger partial charge in [-0.05, 0) is 43.1 Å². The van der Waals surface area contributed by atoms with Gasteiger partial charge in [-0.25, -0.2) is 0 Å². The quantitative estimate of drug-likeness (QED) is 0.274. The van der Waals surface area contributed by atoms with E-state index in [-0.39, 0.29) is 35.7 Å². The van der Waals surface area contributed by atoms with E-state index >= 15 is 0 Å². The van der Waals surface area contributed by atoms with Crippen molar-refractivity contribution in [3.05, 3.63) is 46.5 Å². The molecule has 3 aliphatic heterocycles. The Hall–Kier alpha value is -2.81. The van der Waals surface area contributed by atoms with Crippen molar-refractivity contribution >= 4 is 40.5 Å². The van der Waals surface area contributed by atoms with Gasteiger partial charge in [-0.15, -0.1) is 6.58 Å². The van der Waals surface area contributed by atoms with Gasteiger partial charge in [-0.1, -0.05) is 6.08 Å². The molecule has 28 heavy (non-hydrogen) atoms. The molecule has 9 heteroatoms. The number of hydrogen-bond donors (Lipinski definition) is 1. The van der Waals surface area contributed by atoms with E-state index in [1.165, 1.54) is 17.0 Å². The lowest BCUT2D eigenvalue weighted by Gasteiger charge is -2.54. The standard InChI is InChI=1S/C19H20N4O4S/c1-2-8-22-17(25)19(16(24)20-18(22)28)11-12-10-13(23(26)27)6-7-14(12)21-9-4-3-5-15(19)21/h2,6-7,10,15H,1,3-5,8-9,11H2,(H,20,24,28)/t15-,19-/m1/s1. The summed E-state index contributed by atoms with van der Waals surface area (Å²) in [7, 11) is 0. The predicted molar refractivity (Wildman–Crippen MR) is 107 cm³/mol. The van der Waals surface area contributed by atoms with Gasteiger partial charge in [0.25, 0.3) is 5.69 Å². The highest BCUT2D eigenvalue weighted by Gasteiger charge is 2.61. The van der Waals surface area contributed by atoms with Crippen molar-refractivity contribution in [2.75, 3.05) is 18.0 Å². The number of nitro groups is 1. The van der Waals surface area contributed by atoms with E-state index in [2.05, 4.69) is 16.8 Å². The zero-order valence-corrected chi connectivity index (χ0v) is 16.0. The normalized spacial score (nSPS) is 26.6. The zero-order chi connectivity index (χ0) is 20.1. The number of non-ortho nitro benzene ring substituents is 1. The number of benzene rings is 1. The third-order valence-corrected chi connectivity index (χ3v) is 6.26. The molecule has 0 saturated carbocycles. The molecule has 0 aliphatic carbocycles. The zero-order valence-electron chi connectivity index (χ0n) is 15.2. The van der Waals surface area contributed by atoms with Crippen LogP contribution in [0.4, 0.5) is 11.4 Å². The highest BCUT2D eigenvalue weighted by Crippen LogP contribution is 2.48. The lowest BCUT2D eigenvalue weighted by molar-refractivity contribution is -0.384. The minimum atomic E-state index is -1.35. The van der Waals surface area contributed by atoms with Crippen molar-refractivity contribution in [3.63, 3.8) is 0 Å². The summed E-state index contributed by atoms with van der Waals surface area (Å²) < 4.78 is 0. The molecule has 2 saturated heterocycles. The van der Waals surface area contributed by atoms with Crippen LogP contribution in [-0.4, -0.2) is 45.9 Å². The summed E-state index contributed by atoms with van der Waals surface area (Å²) in [5.74, 6) is -0.771. The summed E-state index contributed by atoms with van der Waals surface area (Å²) in [5, 5.41) is 14.0. The Morgan fingerprint density at radius 1 is 1.39 bits per heavy atom. The SMILES string of the molecule is C=CCN1C(=O)[C@@]2(Cc3cc([N+](=O)[O-])ccc3N3CCCC[C@@H]32)C(=O)NC1=S. The first-order valence-corrected chi connectivity index (χ1v) is 9.63. The van der Waals surface area contributed by atoms with Crippen LogP contribution in [0.15, 0.2) is 30.9 Å². The van der Waals surface area contributed by atoms with E-state index in [4.69, 9.17) is 12.2 Å². The van der Waals surface area contributed by atoms with E-state index in [0.717, 1.165) is 18.5 Å². The third-order valence-electron chi connectivity index (χ3n) is 5.93. The molecule has 3 heterocycles. The van der Waals surface area contributed by atoms with Gasteiger partial charge in [-0.3, -0.25) is 24.6 Å². The molecule has 1 aromatic carbocycles. The van der Waals surface area contributed by atoms with Gasteiger partial charge >= 0.3 is 0 Å². The van der Waals surface area contributed by atoms with Crippen LogP contribution in [0.3, 0.4) is 0 Å². The van der Waals surface area contributed by atoms with Gasteiger partial charge in [0.05, 0.1) is 11.0 Å². The van der Waals surface area contributed by atoms with Crippen molar-refractivity contribution in [3.8, 4) is 0 Å². The van der Waals surface area contributed by atoms with E-state index < -0.39 is 16.2 Å². The number of fused-ring (bicyclic) bond motifs is 4. The van der Waals surface area contributed by atoms with Crippen molar-refractivity contribution in [2.24, 2.45) is 5.41 Å². The minimum Gasteiger partial charge on any atom is -0.367 e. The number of nitrogens with one attached hydrogen (secondary N) is 1. The topological polar surface area (TPSA) is 95.8 Å². The van der Waals surface area contributed by atoms with Gasteiger partial charge < -0.3 is 10.2 Å². The van der Waals surface area contributed by atoms with E-state index in [1.54, 1.807) is 12.1 Å². The third kappa shape index (κ3) is 2.53. The van der Waals surface area contributed by atoms with Crippen LogP contribution < -0.4 is 10.2 Å². The molecule has 1 spiro atoms. The molecule has 1 aromatic rings. The van der Waals surface area contributed by atoms with Gasteiger partial charge in [0.15, 0.2) is 10.5 Å². The van der Waals surface area contributed by atoms with E-state index in [1.807, 2.05) is 0 Å². The fourth-order valence-electron chi connectivity index (χ4n) is 4.71. The molecule has 3 aliphatic rings. The van der Waals surface area contributed by atoms with Crippen LogP contribution in [-0.2, 0) is 16.0 Å². The van der Waals surface area contributed by atoms with Crippen LogP contribution in [0.1, 0.15) is 24.8 Å². The van der Waals surface area contributed by atoms with Crippen molar-refractivity contribution in [1.29, 1.82) is 0 Å². The summed E-state index contributed by atoms with van der Waals surface area (Å²) in [4.78, 5) is 41.0. The molecule has 0 bridgehead atoms. The van der Waals surface area contributed by atoms with Crippen LogP contribution in [0.5, 0.6) is 0 Å². The molecular formula is C19H20N4O4S. The highest BCUT2D eigenvalue weighted by molar-refractivity contribution is 7.80. The number of nitrogens with zero attached hydrogens (tertiary/aromatic N) is 3. The average Bonchev–Trinajstić information content (AvgIpc) is 2.69. The molecule has 4 rings (SSSR count). The lowest BCUT2D eigenvalue weighted by Crippen LogP contribution is -2.72. The van der Waals surface area contributed by atoms with Crippen molar-refractivity contribution in [2.45, 2.75) is 31.7 Å². The second-order valence-electron chi connectivity index (χ2n) is 7.39. The predicted octanol–water partition coefficient (Wildman–Crippen LogP) is 1.93. The summed E-state index contributed by atoms with van der Waals surface area (Å²) in [6, 6.07) is 4.38. The van der Waals surface area contributed by atoms with E-state index in [0.29, 0.717) is 18.5 Å². The Labute approximate surface area is 167 Å². The highest BCUT2D eigenvalue weighted by atomic mass is 32.1. The minimum absolute atomic E-state index is 0.0495. The van der Waals surface area contributed by atoms with E-state index in [9.17, 15) is 19.7 Å². The second kappa shape index (κ2) is 6.66. The number of carbonyl (C=O) groups excluding carboxylic acids is 2. The maximum absolute atomic E-state index is 13.6. The van der Waals surface area contributed by atoms with Crippen LogP contribution in [0.25, 0.3) is 0 Å². The molecule has 2 atom stereocenters. The number of amides is 2. The molecule has 8 nitrogen and oxygen atoms in total. The fourth-order valence-corrected chi connectivity index (χ4v) is 4.96. The van der Waals surface area contributed by atoms with Gasteiger partial charge in [0.1, 0.15) is 0 Å². The molecular weight excluding hydrogens is 380 g/mol. The number of rotatable bonds is 3. The Morgan fingerprint density at radius 3 is 2.89 bits per heavy atom. The van der Waals surface area contributed by atoms with Crippen LogP contribution in [0.2, 0.25) is 0 Å². The molecule has 0 aromatic heterocycles. The second-order valence-corrected chi connectivity index (χ2v) is 7.77. The number of anilines is 1. The number of nitro benzene ring substituents is 1. The molecule has 0 unspecified atom stereocenters. The Morgan fingerprint density at radius 2 is 2.18 bits per heavy atom. The lowest BCUT2D eigenvalue weighted by atomic mass is 9.66. The number of hydrogen-bond acceptors (Lipinski definition) is 6. The monoisotopic (exact) mass is 400 g/mol. The summed E-state index contributed by atoms with van der Waals surface area (Å²) in [6.07, 6.45) is 4.23. The largest absolute Gasteiger partial charge is 0.367 e. The van der Waals surface area contributed by atoms with Gasteiger partial charge in [0, 0.05) is 37.3 Å². The Bertz CT molecular complexity index is 917. The molecule has 2 fully saturated rings. The molecule has 1 N–H and O–H groups in total. The van der Waals surface area contributed by atoms with Gasteiger partial charge in [0.2, 0.25) is 11.8 Å². The average molecular weight is 400 g/mol. The first-order valence-electron chi connectivity index (χ1n) is 9.22. The Balaban J connectivity index is 1.88. The van der Waals surface area contributed by atoms with Crippen molar-refractivity contribution < 1.29 is 14.5 Å². The first kappa shape index (κ1) is 18.5. The maximum Gasteiger partial charge on any atom is 0.269 e. The summed E-state index contributed by atoms with van der Waals surface area (Å²) in [5.41, 5.74) is 0.104. The van der Waals surface area contributed by atoms with Crippen LogP contribution >= 0.6 is 12.2 Å². The molecule has 2 amide bonds. The smallest absolute Gasteiger partial charge is 0.269 e. The molecule has 0 radical (unpaired) electrons. The number of thiocarbonyl (C=S) groups is 1. The maximum atomic E-state index is 13.6. The summed E-state index contributed by atoms with van der Waals surface area (Å²) >= 11 is 5.20.